The van der Waals surface area contributed by atoms with Gasteiger partial charge in [-0.2, -0.15) is 0 Å². The Kier molecular flexibility index (Phi) is 4.14. The van der Waals surface area contributed by atoms with Gasteiger partial charge >= 0.3 is 0 Å². The number of nitrogens with one attached hydrogen (secondary N) is 3. The van der Waals surface area contributed by atoms with E-state index in [1.807, 2.05) is 0 Å². The second-order valence-corrected chi connectivity index (χ2v) is 1.85. The van der Waals surface area contributed by atoms with Crippen LogP contribution in [0.3, 0.4) is 0 Å². The molecule has 1 aromatic heterocycles. The molecular formula is C2H7N5S2. The van der Waals surface area contributed by atoms with Gasteiger partial charge in [0.15, 0.2) is 9.54 Å². The van der Waals surface area contributed by atoms with Gasteiger partial charge < -0.3 is 4.98 Å². The molecule has 0 aliphatic heterocycles. The number of rotatable bonds is 0. The van der Waals surface area contributed by atoms with Crippen molar-refractivity contribution in [3.05, 3.63) is 9.54 Å². The van der Waals surface area contributed by atoms with Crippen molar-refractivity contribution in [1.29, 1.82) is 0 Å². The van der Waals surface area contributed by atoms with Gasteiger partial charge in [0.2, 0.25) is 0 Å². The standard InChI is InChI=1S/C2H3N3S2.H4N2/c6-1-3-2(7)5-4-1;1-2/h(H3,3,4,5,6,7);1-2H2. The molecule has 0 aliphatic rings. The average molecular weight is 165 g/mol. The normalized spacial score (nSPS) is 7.78. The first-order valence-electron chi connectivity index (χ1n) is 1.99. The van der Waals surface area contributed by atoms with Gasteiger partial charge in [-0.25, -0.2) is 0 Å². The third-order valence-electron chi connectivity index (χ3n) is 0.517. The van der Waals surface area contributed by atoms with Gasteiger partial charge in [-0.1, -0.05) is 0 Å². The lowest BCUT2D eigenvalue weighted by Crippen LogP contribution is -2.02. The first kappa shape index (κ1) is 8.50. The minimum Gasteiger partial charge on any atom is -0.307 e. The molecule has 0 unspecified atom stereocenters. The van der Waals surface area contributed by atoms with Crippen molar-refractivity contribution in [2.45, 2.75) is 0 Å². The van der Waals surface area contributed by atoms with Crippen LogP contribution in [0.2, 0.25) is 0 Å². The summed E-state index contributed by atoms with van der Waals surface area (Å²) in [6.07, 6.45) is 0. The fraction of sp³-hybridized carbons (Fsp3) is 0. The van der Waals surface area contributed by atoms with E-state index < -0.39 is 0 Å². The smallest absolute Gasteiger partial charge is 0.191 e. The fourth-order valence-electron chi connectivity index (χ4n) is 0.279. The largest absolute Gasteiger partial charge is 0.307 e. The van der Waals surface area contributed by atoms with E-state index in [9.17, 15) is 0 Å². The molecule has 0 aliphatic carbocycles. The maximum Gasteiger partial charge on any atom is 0.191 e. The third-order valence-corrected chi connectivity index (χ3v) is 0.925. The number of aromatic nitrogens is 3. The van der Waals surface area contributed by atoms with Gasteiger partial charge in [-0.3, -0.25) is 21.9 Å². The van der Waals surface area contributed by atoms with E-state index in [1.54, 1.807) is 0 Å². The van der Waals surface area contributed by atoms with Crippen molar-refractivity contribution < 1.29 is 0 Å². The molecule has 7 N–H and O–H groups in total. The summed E-state index contributed by atoms with van der Waals surface area (Å²) in [7, 11) is 0. The van der Waals surface area contributed by atoms with E-state index in [0.717, 1.165) is 0 Å². The highest BCUT2D eigenvalue weighted by molar-refractivity contribution is 7.71. The van der Waals surface area contributed by atoms with Crippen LogP contribution in [0.5, 0.6) is 0 Å². The van der Waals surface area contributed by atoms with E-state index in [4.69, 9.17) is 0 Å². The minimum atomic E-state index is 0.532. The van der Waals surface area contributed by atoms with Crippen molar-refractivity contribution >= 4 is 24.4 Å². The zero-order valence-electron chi connectivity index (χ0n) is 4.47. The van der Waals surface area contributed by atoms with Crippen molar-refractivity contribution in [2.24, 2.45) is 11.7 Å². The number of hydrogen-bond donors (Lipinski definition) is 5. The molecule has 9 heavy (non-hydrogen) atoms. The van der Waals surface area contributed by atoms with Crippen LogP contribution < -0.4 is 11.7 Å². The minimum absolute atomic E-state index is 0.532. The van der Waals surface area contributed by atoms with Gasteiger partial charge in [-0.05, 0) is 24.4 Å². The van der Waals surface area contributed by atoms with E-state index >= 15 is 0 Å². The van der Waals surface area contributed by atoms with Crippen LogP contribution in [0.25, 0.3) is 0 Å². The molecule has 52 valence electrons. The van der Waals surface area contributed by atoms with Gasteiger partial charge in [0.1, 0.15) is 0 Å². The number of H-pyrrole nitrogens is 3. The van der Waals surface area contributed by atoms with Gasteiger partial charge in [0.05, 0.1) is 0 Å². The number of hydrazine groups is 1. The predicted molar refractivity (Wildman–Crippen MR) is 39.5 cm³/mol. The van der Waals surface area contributed by atoms with E-state index in [2.05, 4.69) is 51.3 Å². The first-order valence-corrected chi connectivity index (χ1v) is 2.81. The quantitative estimate of drug-likeness (QED) is 0.211. The molecule has 0 radical (unpaired) electrons. The molecular weight excluding hydrogens is 158 g/mol. The van der Waals surface area contributed by atoms with E-state index in [0.29, 0.717) is 9.54 Å². The molecule has 5 nitrogen and oxygen atoms in total. The summed E-state index contributed by atoms with van der Waals surface area (Å²) < 4.78 is 1.06. The lowest BCUT2D eigenvalue weighted by Gasteiger charge is -1.56. The van der Waals surface area contributed by atoms with Crippen LogP contribution in [0.15, 0.2) is 0 Å². The predicted octanol–water partition coefficient (Wildman–Crippen LogP) is -0.0513. The summed E-state index contributed by atoms with van der Waals surface area (Å²) in [6.45, 7) is 0. The average Bonchev–Trinajstić information content (AvgIpc) is 2.20. The van der Waals surface area contributed by atoms with Crippen LogP contribution in [0.1, 0.15) is 0 Å². The highest BCUT2D eigenvalue weighted by Gasteiger charge is 1.71. The molecule has 0 fully saturated rings. The Morgan fingerprint density at radius 2 is 1.33 bits per heavy atom. The molecule has 7 heteroatoms. The summed E-state index contributed by atoms with van der Waals surface area (Å²) in [6, 6.07) is 0. The summed E-state index contributed by atoms with van der Waals surface area (Å²) in [5.74, 6) is 8.00. The molecule has 0 amide bonds. The zero-order chi connectivity index (χ0) is 7.28. The van der Waals surface area contributed by atoms with Crippen molar-refractivity contribution in [3.8, 4) is 0 Å². The Bertz CT molecular complexity index is 217. The first-order chi connectivity index (χ1) is 4.29. The van der Waals surface area contributed by atoms with Crippen molar-refractivity contribution in [2.75, 3.05) is 0 Å². The van der Waals surface area contributed by atoms with Crippen LogP contribution in [0, 0.1) is 9.54 Å². The fourth-order valence-corrected chi connectivity index (χ4v) is 0.650. The maximum atomic E-state index is 4.62. The Balaban J connectivity index is 0.000000291. The lowest BCUT2D eigenvalue weighted by atomic mass is 11.3. The number of nitrogens with two attached hydrogens (primary N) is 2. The van der Waals surface area contributed by atoms with Crippen molar-refractivity contribution in [3.63, 3.8) is 0 Å². The number of hydrogen-bond acceptors (Lipinski definition) is 4. The molecule has 0 aromatic carbocycles. The lowest BCUT2D eigenvalue weighted by molar-refractivity contribution is 1.07. The molecule has 0 atom stereocenters. The van der Waals surface area contributed by atoms with Gasteiger partial charge in [0.25, 0.3) is 0 Å². The van der Waals surface area contributed by atoms with Crippen LogP contribution in [-0.4, -0.2) is 15.2 Å². The zero-order valence-corrected chi connectivity index (χ0v) is 6.10. The topological polar surface area (TPSA) is 99.4 Å². The second-order valence-electron chi connectivity index (χ2n) is 1.03. The van der Waals surface area contributed by atoms with Crippen LogP contribution in [-0.2, 0) is 0 Å². The summed E-state index contributed by atoms with van der Waals surface area (Å²) in [5.41, 5.74) is 0. The summed E-state index contributed by atoms with van der Waals surface area (Å²) >= 11 is 9.25. The molecule has 0 saturated heterocycles. The third kappa shape index (κ3) is 3.14. The van der Waals surface area contributed by atoms with Crippen LogP contribution >= 0.6 is 24.4 Å². The van der Waals surface area contributed by atoms with E-state index in [-0.39, 0.29) is 0 Å². The Morgan fingerprint density at radius 1 is 1.00 bits per heavy atom. The SMILES string of the molecule is NN.S=c1[nH][nH]c(=S)[nH]1. The van der Waals surface area contributed by atoms with Gasteiger partial charge in [0, 0.05) is 0 Å². The Labute approximate surface area is 61.4 Å². The molecule has 0 saturated carbocycles. The summed E-state index contributed by atoms with van der Waals surface area (Å²) in [5, 5.41) is 5.20. The second kappa shape index (κ2) is 4.39. The monoisotopic (exact) mass is 165 g/mol. The van der Waals surface area contributed by atoms with Gasteiger partial charge in [-0.15, -0.1) is 0 Å². The molecule has 1 aromatic rings. The van der Waals surface area contributed by atoms with Crippen LogP contribution in [0.4, 0.5) is 0 Å². The summed E-state index contributed by atoms with van der Waals surface area (Å²) in [4.78, 5) is 2.66. The number of aromatic amines is 3. The Morgan fingerprint density at radius 3 is 1.44 bits per heavy atom. The molecule has 0 spiro atoms. The maximum absolute atomic E-state index is 4.62. The molecule has 1 heterocycles. The molecule has 0 bridgehead atoms. The highest BCUT2D eigenvalue weighted by atomic mass is 32.1. The molecule has 1 rings (SSSR count). The Hall–Kier alpha value is -0.500. The highest BCUT2D eigenvalue weighted by Crippen LogP contribution is 1.73. The van der Waals surface area contributed by atoms with Crippen molar-refractivity contribution in [1.82, 2.24) is 15.2 Å². The van der Waals surface area contributed by atoms with E-state index in [1.165, 1.54) is 0 Å².